The van der Waals surface area contributed by atoms with Gasteiger partial charge in [0.15, 0.2) is 0 Å². The van der Waals surface area contributed by atoms with Crippen molar-refractivity contribution >= 4 is 73.0 Å². The van der Waals surface area contributed by atoms with Crippen LogP contribution in [0.3, 0.4) is 0 Å². The number of para-hydroxylation sites is 2. The third-order valence-electron chi connectivity index (χ3n) is 8.21. The zero-order valence-corrected chi connectivity index (χ0v) is 24.9. The van der Waals surface area contributed by atoms with Crippen molar-refractivity contribution in [2.75, 3.05) is 0 Å². The number of fused-ring (bicyclic) bond motifs is 7. The summed E-state index contributed by atoms with van der Waals surface area (Å²) in [6.07, 6.45) is 8.30. The van der Waals surface area contributed by atoms with E-state index in [0.29, 0.717) is 5.70 Å². The highest BCUT2D eigenvalue weighted by Gasteiger charge is 2.25. The Labute approximate surface area is 257 Å². The molecule has 3 nitrogen and oxygen atoms in total. The lowest BCUT2D eigenvalue weighted by molar-refractivity contribution is 0.668. The van der Waals surface area contributed by atoms with Crippen molar-refractivity contribution in [1.82, 2.24) is 4.57 Å². The van der Waals surface area contributed by atoms with E-state index in [-0.39, 0.29) is 0 Å². The molecule has 5 aromatic carbocycles. The third-order valence-corrected chi connectivity index (χ3v) is 8.21. The molecule has 0 amide bonds. The molecule has 0 saturated heterocycles. The van der Waals surface area contributed by atoms with E-state index in [4.69, 9.17) is 9.41 Å². The van der Waals surface area contributed by atoms with Crippen LogP contribution >= 0.6 is 0 Å². The minimum Gasteiger partial charge on any atom is -0.455 e. The van der Waals surface area contributed by atoms with E-state index in [0.717, 1.165) is 77.4 Å². The second kappa shape index (κ2) is 11.2. The lowest BCUT2D eigenvalue weighted by atomic mass is 9.96. The van der Waals surface area contributed by atoms with E-state index in [9.17, 15) is 0 Å². The van der Waals surface area contributed by atoms with Gasteiger partial charge in [0, 0.05) is 32.7 Å². The maximum Gasteiger partial charge on any atom is 0.144 e. The summed E-state index contributed by atoms with van der Waals surface area (Å²) in [4.78, 5) is 5.28. The van der Waals surface area contributed by atoms with Crippen LogP contribution in [0.1, 0.15) is 36.1 Å². The number of aromatic nitrogens is 1. The van der Waals surface area contributed by atoms with E-state index in [2.05, 4.69) is 104 Å². The van der Waals surface area contributed by atoms with Gasteiger partial charge in [0.1, 0.15) is 17.0 Å². The zero-order chi connectivity index (χ0) is 30.2. The molecule has 0 spiro atoms. The average Bonchev–Trinajstić information content (AvgIpc) is 3.61. The molecule has 0 aliphatic heterocycles. The third kappa shape index (κ3) is 4.42. The highest BCUT2D eigenvalue weighted by molar-refractivity contribution is 6.32. The van der Waals surface area contributed by atoms with Crippen LogP contribution in [-0.4, -0.2) is 10.4 Å². The molecule has 0 radical (unpaired) electrons. The number of rotatable bonds is 6. The summed E-state index contributed by atoms with van der Waals surface area (Å²) in [7, 11) is 0. The molecule has 0 aliphatic rings. The lowest BCUT2D eigenvalue weighted by Crippen LogP contribution is -2.11. The first-order chi connectivity index (χ1) is 21.6. The summed E-state index contributed by atoms with van der Waals surface area (Å²) in [5.74, 6) is 0.777. The van der Waals surface area contributed by atoms with Gasteiger partial charge in [-0.15, -0.1) is 0 Å². The summed E-state index contributed by atoms with van der Waals surface area (Å²) < 4.78 is 8.85. The van der Waals surface area contributed by atoms with E-state index < -0.39 is 0 Å². The summed E-state index contributed by atoms with van der Waals surface area (Å²) in [5, 5.41) is 4.42. The Kier molecular flexibility index (Phi) is 6.92. The molecule has 0 saturated carbocycles. The van der Waals surface area contributed by atoms with E-state index in [1.54, 1.807) is 0 Å². The fourth-order valence-electron chi connectivity index (χ4n) is 6.22. The molecule has 2 aromatic heterocycles. The van der Waals surface area contributed by atoms with Crippen LogP contribution in [0.4, 0.5) is 0 Å². The van der Waals surface area contributed by atoms with E-state index in [1.165, 1.54) is 0 Å². The summed E-state index contributed by atoms with van der Waals surface area (Å²) in [5.41, 5.74) is 9.68. The van der Waals surface area contributed by atoms with Gasteiger partial charge < -0.3 is 4.42 Å². The van der Waals surface area contributed by atoms with Crippen molar-refractivity contribution in [2.45, 2.75) is 13.8 Å². The maximum atomic E-state index is 6.56. The van der Waals surface area contributed by atoms with Crippen LogP contribution in [-0.2, 0) is 0 Å². The lowest BCUT2D eigenvalue weighted by Gasteiger charge is -2.14. The van der Waals surface area contributed by atoms with Crippen LogP contribution in [0, 0.1) is 0 Å². The highest BCUT2D eigenvalue weighted by atomic mass is 16.3. The van der Waals surface area contributed by atoms with E-state index >= 15 is 0 Å². The minimum absolute atomic E-state index is 0.690. The number of hydrogen-bond donors (Lipinski definition) is 0. The van der Waals surface area contributed by atoms with Gasteiger partial charge in [0.2, 0.25) is 0 Å². The molecular weight excluding hydrogens is 536 g/mol. The second-order valence-corrected chi connectivity index (χ2v) is 10.9. The van der Waals surface area contributed by atoms with Gasteiger partial charge >= 0.3 is 0 Å². The van der Waals surface area contributed by atoms with Crippen molar-refractivity contribution in [3.63, 3.8) is 0 Å². The Bertz CT molecular complexity index is 2310. The zero-order valence-electron chi connectivity index (χ0n) is 24.9. The second-order valence-electron chi connectivity index (χ2n) is 10.9. The molecule has 0 fully saturated rings. The Morgan fingerprint density at radius 2 is 1.39 bits per heavy atom. The van der Waals surface area contributed by atoms with Crippen molar-refractivity contribution in [1.29, 1.82) is 0 Å². The molecule has 44 heavy (non-hydrogen) atoms. The Balaban J connectivity index is 1.68. The van der Waals surface area contributed by atoms with Crippen LogP contribution in [0.2, 0.25) is 0 Å². The number of hydrogen-bond acceptors (Lipinski definition) is 2. The Hall–Kier alpha value is -5.67. The summed E-state index contributed by atoms with van der Waals surface area (Å²) >= 11 is 0. The van der Waals surface area contributed by atoms with Crippen LogP contribution in [0.15, 0.2) is 144 Å². The molecule has 0 atom stereocenters. The first kappa shape index (κ1) is 27.2. The van der Waals surface area contributed by atoms with Gasteiger partial charge in [-0.3, -0.25) is 4.57 Å². The van der Waals surface area contributed by atoms with Gasteiger partial charge in [-0.2, -0.15) is 0 Å². The summed E-state index contributed by atoms with van der Waals surface area (Å²) in [6.45, 7) is 12.8. The molecule has 212 valence electrons. The quantitative estimate of drug-likeness (QED) is 0.145. The molecule has 2 heterocycles. The normalized spacial score (nSPS) is 12.7. The predicted molar refractivity (Wildman–Crippen MR) is 190 cm³/mol. The van der Waals surface area contributed by atoms with Gasteiger partial charge in [0.05, 0.1) is 16.7 Å². The molecule has 0 aliphatic carbocycles. The van der Waals surface area contributed by atoms with Crippen molar-refractivity contribution in [3.05, 3.63) is 157 Å². The summed E-state index contributed by atoms with van der Waals surface area (Å²) in [6, 6.07) is 37.4. The van der Waals surface area contributed by atoms with Crippen LogP contribution in [0.25, 0.3) is 67.2 Å². The SMILES string of the molecule is C=Cc1c(/C=C\C)c2c(c3ccccc3n2C(/C=C(\C)c2ccccc2)=NC(=C)c2ccccc2)c2c1oc1ccccc12. The average molecular weight is 569 g/mol. The van der Waals surface area contributed by atoms with Crippen LogP contribution in [0.5, 0.6) is 0 Å². The number of benzene rings is 5. The van der Waals surface area contributed by atoms with Crippen molar-refractivity contribution < 1.29 is 4.42 Å². The smallest absolute Gasteiger partial charge is 0.144 e. The predicted octanol–water partition coefficient (Wildman–Crippen LogP) is 11.4. The first-order valence-electron chi connectivity index (χ1n) is 14.8. The topological polar surface area (TPSA) is 30.4 Å². The van der Waals surface area contributed by atoms with Crippen molar-refractivity contribution in [3.8, 4) is 0 Å². The largest absolute Gasteiger partial charge is 0.455 e. The van der Waals surface area contributed by atoms with Gasteiger partial charge in [0.25, 0.3) is 0 Å². The standard InChI is InChI=1S/C41H32N2O/c1-5-17-32-31(6-2)41-39(34-23-14-16-25-36(34)44-41)38-33-22-13-15-24-35(33)43(40(32)38)37(26-27(3)29-18-9-7-10-19-29)42-28(4)30-20-11-8-12-21-30/h5-26H,2,4H2,1,3H3/b17-5-,27-26+,42-37?. The van der Waals surface area contributed by atoms with Gasteiger partial charge in [-0.1, -0.05) is 128 Å². The number of allylic oxidation sites excluding steroid dienone is 3. The number of nitrogens with zero attached hydrogens (tertiary/aromatic N) is 2. The van der Waals surface area contributed by atoms with Gasteiger partial charge in [-0.05, 0) is 48.8 Å². The molecule has 0 bridgehead atoms. The first-order valence-corrected chi connectivity index (χ1v) is 14.8. The Morgan fingerprint density at radius 3 is 2.09 bits per heavy atom. The fourth-order valence-corrected chi connectivity index (χ4v) is 6.22. The molecule has 0 N–H and O–H groups in total. The minimum atomic E-state index is 0.690. The maximum absolute atomic E-state index is 6.56. The van der Waals surface area contributed by atoms with Gasteiger partial charge in [-0.25, -0.2) is 4.99 Å². The highest BCUT2D eigenvalue weighted by Crippen LogP contribution is 2.45. The molecule has 0 unspecified atom stereocenters. The number of aliphatic imine (C=N–C) groups is 1. The monoisotopic (exact) mass is 568 g/mol. The molecular formula is C41H32N2O. The van der Waals surface area contributed by atoms with E-state index in [1.807, 2.05) is 61.5 Å². The molecule has 7 aromatic rings. The van der Waals surface area contributed by atoms with Crippen LogP contribution < -0.4 is 0 Å². The number of furan rings is 1. The molecule has 7 rings (SSSR count). The van der Waals surface area contributed by atoms with Crippen molar-refractivity contribution in [2.24, 2.45) is 4.99 Å². The Morgan fingerprint density at radius 1 is 0.750 bits per heavy atom. The fraction of sp³-hybridized carbons (Fsp3) is 0.0488. The molecule has 3 heteroatoms.